The fraction of sp³-hybridized carbons (Fsp3) is 0.0833. The van der Waals surface area contributed by atoms with Gasteiger partial charge in [0.25, 0.3) is 0 Å². The zero-order valence-electron chi connectivity index (χ0n) is 9.01. The summed E-state index contributed by atoms with van der Waals surface area (Å²) < 4.78 is 12.7. The molecule has 84 valence electrons. The number of hydrogen-bond acceptors (Lipinski definition) is 4. The summed E-state index contributed by atoms with van der Waals surface area (Å²) in [6.07, 6.45) is 0. The summed E-state index contributed by atoms with van der Waals surface area (Å²) >= 11 is 1.30. The van der Waals surface area contributed by atoms with E-state index >= 15 is 0 Å². The lowest BCUT2D eigenvalue weighted by atomic mass is 10.3. The molecule has 0 saturated heterocycles. The number of hydrogen-bond donors (Lipinski definition) is 0. The second-order valence-electron chi connectivity index (χ2n) is 3.34. The van der Waals surface area contributed by atoms with Gasteiger partial charge in [-0.1, -0.05) is 0 Å². The number of aromatic nitrogens is 2. The molecule has 1 heterocycles. The summed E-state index contributed by atoms with van der Waals surface area (Å²) in [7, 11) is 0. The van der Waals surface area contributed by atoms with Crippen molar-refractivity contribution in [2.75, 3.05) is 0 Å². The minimum Gasteiger partial charge on any atom is -0.228 e. The van der Waals surface area contributed by atoms with E-state index in [1.165, 1.54) is 23.9 Å². The third kappa shape index (κ3) is 3.02. The van der Waals surface area contributed by atoms with Gasteiger partial charge in [0.05, 0.1) is 0 Å². The second-order valence-corrected chi connectivity index (χ2v) is 4.39. The lowest BCUT2D eigenvalue weighted by Gasteiger charge is -2.01. The molecular formula is C12H8FN3S. The molecule has 0 unspecified atom stereocenters. The van der Waals surface area contributed by atoms with Gasteiger partial charge in [0, 0.05) is 10.6 Å². The third-order valence-electron chi connectivity index (χ3n) is 1.97. The molecule has 1 aromatic heterocycles. The van der Waals surface area contributed by atoms with E-state index in [9.17, 15) is 4.39 Å². The van der Waals surface area contributed by atoms with Crippen LogP contribution in [-0.2, 0) is 0 Å². The van der Waals surface area contributed by atoms with Gasteiger partial charge in [-0.3, -0.25) is 0 Å². The Bertz CT molecular complexity index is 575. The number of aryl methyl sites for hydroxylation is 1. The maximum Gasteiger partial charge on any atom is 0.193 e. The van der Waals surface area contributed by atoms with Crippen molar-refractivity contribution in [2.45, 2.75) is 17.0 Å². The Kier molecular flexibility index (Phi) is 3.35. The first-order valence-corrected chi connectivity index (χ1v) is 5.68. The van der Waals surface area contributed by atoms with Crippen LogP contribution in [-0.4, -0.2) is 9.97 Å². The summed E-state index contributed by atoms with van der Waals surface area (Å²) in [6, 6.07) is 9.66. The quantitative estimate of drug-likeness (QED) is 0.763. The highest BCUT2D eigenvalue weighted by Gasteiger charge is 2.04. The van der Waals surface area contributed by atoms with Crippen molar-refractivity contribution in [3.05, 3.63) is 47.5 Å². The Morgan fingerprint density at radius 1 is 1.24 bits per heavy atom. The van der Waals surface area contributed by atoms with E-state index in [2.05, 4.69) is 9.97 Å². The van der Waals surface area contributed by atoms with E-state index in [1.54, 1.807) is 25.1 Å². The first kappa shape index (κ1) is 11.6. The molecular weight excluding hydrogens is 237 g/mol. The molecule has 3 nitrogen and oxygen atoms in total. The monoisotopic (exact) mass is 245 g/mol. The maximum atomic E-state index is 12.7. The zero-order valence-corrected chi connectivity index (χ0v) is 9.83. The normalized spacial score (nSPS) is 9.94. The van der Waals surface area contributed by atoms with Crippen LogP contribution in [0.1, 0.15) is 11.4 Å². The van der Waals surface area contributed by atoms with E-state index in [0.717, 1.165) is 10.6 Å². The van der Waals surface area contributed by atoms with Gasteiger partial charge in [0.2, 0.25) is 0 Å². The molecule has 2 rings (SSSR count). The van der Waals surface area contributed by atoms with Gasteiger partial charge in [-0.05, 0) is 49.0 Å². The molecule has 0 aliphatic carbocycles. The van der Waals surface area contributed by atoms with Crippen molar-refractivity contribution < 1.29 is 4.39 Å². The third-order valence-corrected chi connectivity index (χ3v) is 2.84. The summed E-state index contributed by atoms with van der Waals surface area (Å²) in [5.41, 5.74) is 1.07. The van der Waals surface area contributed by atoms with Crippen LogP contribution in [0.25, 0.3) is 0 Å². The Hall–Kier alpha value is -1.93. The molecule has 0 aliphatic heterocycles. The number of benzene rings is 1. The largest absolute Gasteiger partial charge is 0.228 e. The van der Waals surface area contributed by atoms with Gasteiger partial charge < -0.3 is 0 Å². The van der Waals surface area contributed by atoms with Crippen molar-refractivity contribution in [3.8, 4) is 6.07 Å². The van der Waals surface area contributed by atoms with E-state index in [1.807, 2.05) is 6.07 Å². The van der Waals surface area contributed by atoms with Gasteiger partial charge in [0.1, 0.15) is 17.6 Å². The second kappa shape index (κ2) is 4.93. The zero-order chi connectivity index (χ0) is 12.3. The minimum atomic E-state index is -0.280. The molecule has 17 heavy (non-hydrogen) atoms. The predicted molar refractivity (Wildman–Crippen MR) is 62.0 cm³/mol. The molecule has 5 heteroatoms. The fourth-order valence-corrected chi connectivity index (χ4v) is 2.07. The molecule has 0 saturated carbocycles. The Morgan fingerprint density at radius 3 is 2.59 bits per heavy atom. The van der Waals surface area contributed by atoms with Crippen LogP contribution in [0.15, 0.2) is 40.4 Å². The van der Waals surface area contributed by atoms with Crippen LogP contribution in [0.4, 0.5) is 4.39 Å². The maximum absolute atomic E-state index is 12.7. The average molecular weight is 245 g/mol. The summed E-state index contributed by atoms with van der Waals surface area (Å²) in [5, 5.41) is 9.28. The van der Waals surface area contributed by atoms with E-state index in [0.29, 0.717) is 10.9 Å². The number of rotatable bonds is 2. The van der Waals surface area contributed by atoms with Gasteiger partial charge in [-0.15, -0.1) is 0 Å². The molecule has 0 atom stereocenters. The topological polar surface area (TPSA) is 49.6 Å². The van der Waals surface area contributed by atoms with Crippen LogP contribution < -0.4 is 0 Å². The standard InChI is InChI=1S/C12H8FN3S/c1-8-6-10(7-14)16-12(15-8)17-11-4-2-9(13)3-5-11/h2-6H,1H3. The highest BCUT2D eigenvalue weighted by Crippen LogP contribution is 2.24. The van der Waals surface area contributed by atoms with Crippen LogP contribution in [0.5, 0.6) is 0 Å². The number of nitrogens with zero attached hydrogens (tertiary/aromatic N) is 3. The molecule has 0 amide bonds. The molecule has 0 radical (unpaired) electrons. The lowest BCUT2D eigenvalue weighted by Crippen LogP contribution is -1.93. The SMILES string of the molecule is Cc1cc(C#N)nc(Sc2ccc(F)cc2)n1. The summed E-state index contributed by atoms with van der Waals surface area (Å²) in [4.78, 5) is 9.11. The van der Waals surface area contributed by atoms with Crippen molar-refractivity contribution in [1.29, 1.82) is 5.26 Å². The van der Waals surface area contributed by atoms with Crippen molar-refractivity contribution in [3.63, 3.8) is 0 Å². The van der Waals surface area contributed by atoms with Gasteiger partial charge >= 0.3 is 0 Å². The molecule has 0 fully saturated rings. The molecule has 0 bridgehead atoms. The van der Waals surface area contributed by atoms with Crippen LogP contribution in [0.3, 0.4) is 0 Å². The van der Waals surface area contributed by atoms with Gasteiger partial charge in [-0.25, -0.2) is 14.4 Å². The van der Waals surface area contributed by atoms with Crippen LogP contribution >= 0.6 is 11.8 Å². The van der Waals surface area contributed by atoms with E-state index < -0.39 is 0 Å². The Morgan fingerprint density at radius 2 is 1.94 bits per heavy atom. The van der Waals surface area contributed by atoms with Crippen molar-refractivity contribution in [1.82, 2.24) is 9.97 Å². The first-order chi connectivity index (χ1) is 8.17. The number of halogens is 1. The minimum absolute atomic E-state index is 0.280. The predicted octanol–water partition coefficient (Wildman–Crippen LogP) is 2.95. The smallest absolute Gasteiger partial charge is 0.193 e. The molecule has 2 aromatic rings. The van der Waals surface area contributed by atoms with Crippen molar-refractivity contribution in [2.24, 2.45) is 0 Å². The van der Waals surface area contributed by atoms with Gasteiger partial charge in [-0.2, -0.15) is 5.26 Å². The summed E-state index contributed by atoms with van der Waals surface area (Å²) in [5.74, 6) is -0.280. The highest BCUT2D eigenvalue weighted by molar-refractivity contribution is 7.99. The Balaban J connectivity index is 2.27. The van der Waals surface area contributed by atoms with E-state index in [-0.39, 0.29) is 5.82 Å². The highest BCUT2D eigenvalue weighted by atomic mass is 32.2. The van der Waals surface area contributed by atoms with Crippen molar-refractivity contribution >= 4 is 11.8 Å². The van der Waals surface area contributed by atoms with Crippen LogP contribution in [0.2, 0.25) is 0 Å². The summed E-state index contributed by atoms with van der Waals surface area (Å²) in [6.45, 7) is 1.80. The molecule has 1 aromatic carbocycles. The fourth-order valence-electron chi connectivity index (χ4n) is 1.25. The lowest BCUT2D eigenvalue weighted by molar-refractivity contribution is 0.626. The van der Waals surface area contributed by atoms with Crippen LogP contribution in [0, 0.1) is 24.1 Å². The molecule has 0 spiro atoms. The molecule has 0 N–H and O–H groups in total. The average Bonchev–Trinajstić information content (AvgIpc) is 2.31. The van der Waals surface area contributed by atoms with E-state index in [4.69, 9.17) is 5.26 Å². The Labute approximate surface area is 102 Å². The molecule has 0 aliphatic rings. The number of nitriles is 1. The van der Waals surface area contributed by atoms with Gasteiger partial charge in [0.15, 0.2) is 5.16 Å². The first-order valence-electron chi connectivity index (χ1n) is 4.86.